The summed E-state index contributed by atoms with van der Waals surface area (Å²) in [4.78, 5) is 15.0. The van der Waals surface area contributed by atoms with Crippen molar-refractivity contribution in [3.63, 3.8) is 0 Å². The number of methoxy groups -OCH3 is 1. The summed E-state index contributed by atoms with van der Waals surface area (Å²) in [6, 6.07) is 18.1. The van der Waals surface area contributed by atoms with Crippen LogP contribution in [0, 0.1) is 0 Å². The number of aromatic nitrogens is 2. The van der Waals surface area contributed by atoms with Gasteiger partial charge in [0.05, 0.1) is 18.5 Å². The first-order valence-corrected chi connectivity index (χ1v) is 11.5. The van der Waals surface area contributed by atoms with E-state index in [-0.39, 0.29) is 5.91 Å². The molecule has 168 valence electrons. The number of nitrogens with zero attached hydrogens (tertiary/aromatic N) is 2. The zero-order valence-electron chi connectivity index (χ0n) is 18.9. The quantitative estimate of drug-likeness (QED) is 0.504. The van der Waals surface area contributed by atoms with Crippen LogP contribution in [-0.2, 0) is 0 Å². The second-order valence-corrected chi connectivity index (χ2v) is 8.47. The van der Waals surface area contributed by atoms with Crippen LogP contribution in [0.3, 0.4) is 0 Å². The van der Waals surface area contributed by atoms with Gasteiger partial charge < -0.3 is 15.0 Å². The van der Waals surface area contributed by atoms with Crippen LogP contribution in [-0.4, -0.2) is 53.8 Å². The van der Waals surface area contributed by atoms with Crippen molar-refractivity contribution in [2.75, 3.05) is 26.7 Å². The summed E-state index contributed by atoms with van der Waals surface area (Å²) in [5, 5.41) is 10.6. The largest absolute Gasteiger partial charge is 0.497 e. The number of hydrogen-bond acceptors (Lipinski definition) is 4. The summed E-state index contributed by atoms with van der Waals surface area (Å²) in [6.07, 6.45) is 4.90. The fraction of sp³-hybridized carbons (Fsp3) is 0.385. The Labute approximate surface area is 190 Å². The first kappa shape index (κ1) is 22.1. The van der Waals surface area contributed by atoms with Crippen LogP contribution < -0.4 is 10.1 Å². The molecule has 2 N–H and O–H groups in total. The molecule has 0 bridgehead atoms. The Balaban J connectivity index is 1.31. The van der Waals surface area contributed by atoms with Gasteiger partial charge in [-0.3, -0.25) is 9.89 Å². The smallest absolute Gasteiger partial charge is 0.251 e. The van der Waals surface area contributed by atoms with Crippen molar-refractivity contribution in [2.24, 2.45) is 0 Å². The molecule has 3 aromatic rings. The molecule has 1 fully saturated rings. The molecule has 6 heteroatoms. The molecule has 1 amide bonds. The molecule has 0 unspecified atom stereocenters. The van der Waals surface area contributed by atoms with Crippen LogP contribution in [0.5, 0.6) is 5.75 Å². The van der Waals surface area contributed by atoms with Crippen LogP contribution in [0.25, 0.3) is 22.5 Å². The van der Waals surface area contributed by atoms with E-state index in [1.807, 2.05) is 54.6 Å². The molecule has 2 heterocycles. The predicted molar refractivity (Wildman–Crippen MR) is 128 cm³/mol. The van der Waals surface area contributed by atoms with Crippen molar-refractivity contribution in [1.29, 1.82) is 0 Å². The molecule has 1 atom stereocenters. The molecule has 0 spiro atoms. The molecule has 0 aliphatic carbocycles. The molecular formula is C26H32N4O2. The van der Waals surface area contributed by atoms with Gasteiger partial charge in [0.25, 0.3) is 5.91 Å². The van der Waals surface area contributed by atoms with E-state index in [1.54, 1.807) is 7.11 Å². The Kier molecular flexibility index (Phi) is 7.22. The zero-order valence-corrected chi connectivity index (χ0v) is 18.9. The van der Waals surface area contributed by atoms with Gasteiger partial charge in [-0.25, -0.2) is 0 Å². The van der Waals surface area contributed by atoms with Gasteiger partial charge in [0, 0.05) is 30.3 Å². The third-order valence-electron chi connectivity index (χ3n) is 6.25. The Hall–Kier alpha value is -3.12. The molecule has 0 saturated carbocycles. The summed E-state index contributed by atoms with van der Waals surface area (Å²) in [6.45, 7) is 5.24. The molecule has 1 aliphatic rings. The van der Waals surface area contributed by atoms with Crippen molar-refractivity contribution in [2.45, 2.75) is 38.6 Å². The lowest BCUT2D eigenvalue weighted by atomic mass is 10.0. The third-order valence-corrected chi connectivity index (χ3v) is 6.25. The van der Waals surface area contributed by atoms with Gasteiger partial charge in [0.2, 0.25) is 0 Å². The topological polar surface area (TPSA) is 70.2 Å². The van der Waals surface area contributed by atoms with Crippen molar-refractivity contribution < 1.29 is 9.53 Å². The van der Waals surface area contributed by atoms with E-state index in [4.69, 9.17) is 4.74 Å². The summed E-state index contributed by atoms with van der Waals surface area (Å²) in [5.41, 5.74) is 4.41. The molecule has 1 aromatic heterocycles. The SMILES string of the molecule is COc1cccc(-c2cc(-c3ccc(C(=O)NCCCN4CCCC[C@H]4C)cc3)[nH]n2)c1. The number of H-pyrrole nitrogens is 1. The Bertz CT molecular complexity index is 1030. The van der Waals surface area contributed by atoms with E-state index in [9.17, 15) is 4.79 Å². The lowest BCUT2D eigenvalue weighted by Crippen LogP contribution is -2.39. The minimum Gasteiger partial charge on any atom is -0.497 e. The van der Waals surface area contributed by atoms with Crippen molar-refractivity contribution in [3.8, 4) is 28.3 Å². The number of aromatic amines is 1. The standard InChI is InChI=1S/C26H32N4O2/c1-19-7-3-4-15-30(19)16-6-14-27-26(31)21-12-10-20(11-13-21)24-18-25(29-28-24)22-8-5-9-23(17-22)32-2/h5,8-13,17-19H,3-4,6-7,14-16H2,1-2H3,(H,27,31)(H,28,29)/t19-/m1/s1. The number of nitrogens with one attached hydrogen (secondary N) is 2. The summed E-state index contributed by atoms with van der Waals surface area (Å²) in [5.74, 6) is 0.776. The minimum atomic E-state index is -0.0232. The third kappa shape index (κ3) is 5.37. The number of amides is 1. The average molecular weight is 433 g/mol. The molecule has 1 aliphatic heterocycles. The second-order valence-electron chi connectivity index (χ2n) is 8.47. The minimum absolute atomic E-state index is 0.0232. The number of piperidine rings is 1. The Morgan fingerprint density at radius 2 is 2.00 bits per heavy atom. The number of ether oxygens (including phenoxy) is 1. The van der Waals surface area contributed by atoms with Crippen molar-refractivity contribution >= 4 is 5.91 Å². The van der Waals surface area contributed by atoms with Gasteiger partial charge in [-0.15, -0.1) is 0 Å². The first-order chi connectivity index (χ1) is 15.6. The fourth-order valence-electron chi connectivity index (χ4n) is 4.28. The van der Waals surface area contributed by atoms with E-state index in [0.717, 1.165) is 41.2 Å². The highest BCUT2D eigenvalue weighted by Crippen LogP contribution is 2.26. The van der Waals surface area contributed by atoms with Gasteiger partial charge in [-0.1, -0.05) is 30.7 Å². The zero-order chi connectivity index (χ0) is 22.3. The second kappa shape index (κ2) is 10.5. The van der Waals surface area contributed by atoms with Gasteiger partial charge in [-0.2, -0.15) is 5.10 Å². The monoisotopic (exact) mass is 432 g/mol. The van der Waals surface area contributed by atoms with Gasteiger partial charge in [-0.05, 0) is 68.6 Å². The van der Waals surface area contributed by atoms with Crippen LogP contribution >= 0.6 is 0 Å². The normalized spacial score (nSPS) is 16.6. The van der Waals surface area contributed by atoms with Crippen LogP contribution in [0.1, 0.15) is 43.0 Å². The van der Waals surface area contributed by atoms with Crippen LogP contribution in [0.4, 0.5) is 0 Å². The average Bonchev–Trinajstić information content (AvgIpc) is 3.33. The maximum absolute atomic E-state index is 12.5. The summed E-state index contributed by atoms with van der Waals surface area (Å²) < 4.78 is 5.30. The molecule has 32 heavy (non-hydrogen) atoms. The summed E-state index contributed by atoms with van der Waals surface area (Å²) >= 11 is 0. The van der Waals surface area contributed by atoms with Gasteiger partial charge in [0.15, 0.2) is 0 Å². The predicted octanol–water partition coefficient (Wildman–Crippen LogP) is 4.75. The highest BCUT2D eigenvalue weighted by Gasteiger charge is 2.17. The van der Waals surface area contributed by atoms with Gasteiger partial charge in [0.1, 0.15) is 5.75 Å². The maximum Gasteiger partial charge on any atom is 0.251 e. The number of carbonyl (C=O) groups excluding carboxylic acids is 1. The number of carbonyl (C=O) groups is 1. The molecule has 0 radical (unpaired) electrons. The van der Waals surface area contributed by atoms with Crippen LogP contribution in [0.15, 0.2) is 54.6 Å². The Morgan fingerprint density at radius 3 is 2.78 bits per heavy atom. The lowest BCUT2D eigenvalue weighted by Gasteiger charge is -2.33. The highest BCUT2D eigenvalue weighted by molar-refractivity contribution is 5.94. The number of hydrogen-bond donors (Lipinski definition) is 2. The highest BCUT2D eigenvalue weighted by atomic mass is 16.5. The number of rotatable bonds is 8. The van der Waals surface area contributed by atoms with E-state index < -0.39 is 0 Å². The van der Waals surface area contributed by atoms with Crippen molar-refractivity contribution in [1.82, 2.24) is 20.4 Å². The summed E-state index contributed by atoms with van der Waals surface area (Å²) in [7, 11) is 1.65. The molecule has 6 nitrogen and oxygen atoms in total. The molecule has 2 aromatic carbocycles. The lowest BCUT2D eigenvalue weighted by molar-refractivity contribution is 0.0949. The van der Waals surface area contributed by atoms with E-state index in [0.29, 0.717) is 18.2 Å². The molecular weight excluding hydrogens is 400 g/mol. The molecule has 4 rings (SSSR count). The Morgan fingerprint density at radius 1 is 1.16 bits per heavy atom. The first-order valence-electron chi connectivity index (χ1n) is 11.5. The van der Waals surface area contributed by atoms with E-state index in [1.165, 1.54) is 25.8 Å². The van der Waals surface area contributed by atoms with Crippen molar-refractivity contribution in [3.05, 3.63) is 60.2 Å². The fourth-order valence-corrected chi connectivity index (χ4v) is 4.28. The van der Waals surface area contributed by atoms with Gasteiger partial charge >= 0.3 is 0 Å². The van der Waals surface area contributed by atoms with E-state index in [2.05, 4.69) is 27.3 Å². The molecule has 1 saturated heterocycles. The van der Waals surface area contributed by atoms with E-state index >= 15 is 0 Å². The number of benzene rings is 2. The number of likely N-dealkylation sites (tertiary alicyclic amines) is 1. The van der Waals surface area contributed by atoms with Crippen LogP contribution in [0.2, 0.25) is 0 Å². The maximum atomic E-state index is 12.5.